The van der Waals surface area contributed by atoms with Gasteiger partial charge in [0.1, 0.15) is 0 Å². The van der Waals surface area contributed by atoms with Crippen LogP contribution in [0.25, 0.3) is 0 Å². The molecule has 1 aliphatic rings. The van der Waals surface area contributed by atoms with Gasteiger partial charge in [0.05, 0.1) is 23.8 Å². The Morgan fingerprint density at radius 2 is 1.70 bits per heavy atom. The Morgan fingerprint density at radius 1 is 1.00 bits per heavy atom. The fourth-order valence-electron chi connectivity index (χ4n) is 2.52. The molecule has 5 nitrogen and oxygen atoms in total. The standard InChI is InChI=1S/C17H19NO4S/c1-2-18(14-7-4-3-5-8-14)23(19,20)15-9-10-16-17(13-15)22-12-6-11-21-16/h3-5,7-10,13H,2,6,11-12H2,1H3. The molecule has 0 atom stereocenters. The van der Waals surface area contributed by atoms with Crippen molar-refractivity contribution in [2.75, 3.05) is 24.1 Å². The van der Waals surface area contributed by atoms with Gasteiger partial charge in [-0.3, -0.25) is 4.31 Å². The van der Waals surface area contributed by atoms with Gasteiger partial charge in [0.2, 0.25) is 0 Å². The number of sulfonamides is 1. The van der Waals surface area contributed by atoms with E-state index in [-0.39, 0.29) is 4.90 Å². The Bertz CT molecular complexity index is 774. The van der Waals surface area contributed by atoms with Crippen molar-refractivity contribution < 1.29 is 17.9 Å². The van der Waals surface area contributed by atoms with Crippen molar-refractivity contribution in [2.24, 2.45) is 0 Å². The Kier molecular flexibility index (Phi) is 4.43. The molecule has 0 unspecified atom stereocenters. The summed E-state index contributed by atoms with van der Waals surface area (Å²) in [7, 11) is -3.65. The lowest BCUT2D eigenvalue weighted by Gasteiger charge is -2.23. The van der Waals surface area contributed by atoms with Crippen molar-refractivity contribution in [3.05, 3.63) is 48.5 Å². The minimum Gasteiger partial charge on any atom is -0.490 e. The Hall–Kier alpha value is -2.21. The second-order valence-corrected chi connectivity index (χ2v) is 7.03. The number of ether oxygens (including phenoxy) is 2. The van der Waals surface area contributed by atoms with Crippen LogP contribution in [0.3, 0.4) is 0 Å². The summed E-state index contributed by atoms with van der Waals surface area (Å²) in [4.78, 5) is 0.201. The van der Waals surface area contributed by atoms with Gasteiger partial charge in [0.25, 0.3) is 10.0 Å². The lowest BCUT2D eigenvalue weighted by molar-refractivity contribution is 0.297. The molecule has 1 heterocycles. The van der Waals surface area contributed by atoms with Gasteiger partial charge in [-0.15, -0.1) is 0 Å². The number of benzene rings is 2. The summed E-state index contributed by atoms with van der Waals surface area (Å²) in [6.07, 6.45) is 0.780. The molecular weight excluding hydrogens is 314 g/mol. The van der Waals surface area contributed by atoms with Gasteiger partial charge in [-0.1, -0.05) is 18.2 Å². The monoisotopic (exact) mass is 333 g/mol. The van der Waals surface area contributed by atoms with E-state index in [1.54, 1.807) is 30.3 Å². The quantitative estimate of drug-likeness (QED) is 0.863. The first-order valence-corrected chi connectivity index (χ1v) is 9.04. The number of anilines is 1. The van der Waals surface area contributed by atoms with E-state index in [1.807, 2.05) is 25.1 Å². The molecule has 0 aliphatic carbocycles. The van der Waals surface area contributed by atoms with Crippen LogP contribution in [0.4, 0.5) is 5.69 Å². The molecule has 0 radical (unpaired) electrons. The first-order chi connectivity index (χ1) is 11.1. The molecule has 0 fully saturated rings. The number of hydrogen-bond donors (Lipinski definition) is 0. The van der Waals surface area contributed by atoms with Gasteiger partial charge in [0, 0.05) is 19.0 Å². The van der Waals surface area contributed by atoms with Crippen molar-refractivity contribution in [3.8, 4) is 11.5 Å². The molecule has 1 aliphatic heterocycles. The van der Waals surface area contributed by atoms with Crippen molar-refractivity contribution in [1.82, 2.24) is 0 Å². The maximum Gasteiger partial charge on any atom is 0.264 e. The van der Waals surface area contributed by atoms with E-state index in [1.165, 1.54) is 4.31 Å². The van der Waals surface area contributed by atoms with E-state index in [2.05, 4.69) is 0 Å². The van der Waals surface area contributed by atoms with Crippen LogP contribution in [0, 0.1) is 0 Å². The maximum absolute atomic E-state index is 13.0. The van der Waals surface area contributed by atoms with Crippen LogP contribution in [0.1, 0.15) is 13.3 Å². The van der Waals surface area contributed by atoms with E-state index in [0.29, 0.717) is 36.9 Å². The molecule has 0 N–H and O–H groups in total. The van der Waals surface area contributed by atoms with Crippen LogP contribution >= 0.6 is 0 Å². The normalized spacial score (nSPS) is 14.1. The molecular formula is C17H19NO4S. The first kappa shape index (κ1) is 15.7. The minimum atomic E-state index is -3.65. The summed E-state index contributed by atoms with van der Waals surface area (Å²) in [5.41, 5.74) is 0.641. The third-order valence-electron chi connectivity index (χ3n) is 3.64. The molecule has 0 amide bonds. The third kappa shape index (κ3) is 3.12. The van der Waals surface area contributed by atoms with E-state index >= 15 is 0 Å². The zero-order valence-electron chi connectivity index (χ0n) is 12.9. The fourth-order valence-corrected chi connectivity index (χ4v) is 4.01. The molecule has 23 heavy (non-hydrogen) atoms. The molecule has 0 aromatic heterocycles. The van der Waals surface area contributed by atoms with Gasteiger partial charge in [-0.05, 0) is 31.2 Å². The number of para-hydroxylation sites is 1. The van der Waals surface area contributed by atoms with Crippen LogP contribution in [-0.2, 0) is 10.0 Å². The van der Waals surface area contributed by atoms with Gasteiger partial charge >= 0.3 is 0 Å². The van der Waals surface area contributed by atoms with E-state index < -0.39 is 10.0 Å². The molecule has 2 aromatic carbocycles. The van der Waals surface area contributed by atoms with Crippen LogP contribution in [0.15, 0.2) is 53.4 Å². The first-order valence-electron chi connectivity index (χ1n) is 7.60. The Labute approximate surface area is 136 Å². The third-order valence-corrected chi connectivity index (χ3v) is 5.54. The van der Waals surface area contributed by atoms with Gasteiger partial charge in [-0.2, -0.15) is 0 Å². The van der Waals surface area contributed by atoms with E-state index in [0.717, 1.165) is 6.42 Å². The summed E-state index contributed by atoms with van der Waals surface area (Å²) >= 11 is 0. The van der Waals surface area contributed by atoms with Crippen molar-refractivity contribution >= 4 is 15.7 Å². The van der Waals surface area contributed by atoms with Gasteiger partial charge in [0.15, 0.2) is 11.5 Å². The lowest BCUT2D eigenvalue weighted by Crippen LogP contribution is -2.30. The topological polar surface area (TPSA) is 55.8 Å². The molecule has 0 saturated heterocycles. The van der Waals surface area contributed by atoms with Crippen LogP contribution in [0.5, 0.6) is 11.5 Å². The highest BCUT2D eigenvalue weighted by molar-refractivity contribution is 7.92. The number of rotatable bonds is 4. The summed E-state index contributed by atoms with van der Waals surface area (Å²) < 4.78 is 38.5. The number of hydrogen-bond acceptors (Lipinski definition) is 4. The van der Waals surface area contributed by atoms with Crippen molar-refractivity contribution in [2.45, 2.75) is 18.2 Å². The molecule has 0 spiro atoms. The minimum absolute atomic E-state index is 0.201. The summed E-state index contributed by atoms with van der Waals surface area (Å²) in [5.74, 6) is 1.07. The van der Waals surface area contributed by atoms with E-state index in [4.69, 9.17) is 9.47 Å². The summed E-state index contributed by atoms with van der Waals surface area (Å²) in [6, 6.07) is 13.8. The second-order valence-electron chi connectivity index (χ2n) is 5.16. The molecule has 3 rings (SSSR count). The van der Waals surface area contributed by atoms with E-state index in [9.17, 15) is 8.42 Å². The van der Waals surface area contributed by atoms with Gasteiger partial charge in [-0.25, -0.2) is 8.42 Å². The highest BCUT2D eigenvalue weighted by Crippen LogP contribution is 2.33. The molecule has 2 aromatic rings. The van der Waals surface area contributed by atoms with Crippen LogP contribution in [-0.4, -0.2) is 28.2 Å². The molecule has 122 valence electrons. The highest BCUT2D eigenvalue weighted by atomic mass is 32.2. The molecule has 6 heteroatoms. The second kappa shape index (κ2) is 6.50. The van der Waals surface area contributed by atoms with Crippen LogP contribution in [0.2, 0.25) is 0 Å². The lowest BCUT2D eigenvalue weighted by atomic mass is 10.3. The number of fused-ring (bicyclic) bond motifs is 1. The predicted octanol–water partition coefficient (Wildman–Crippen LogP) is 3.06. The average Bonchev–Trinajstić information content (AvgIpc) is 2.81. The molecule has 0 bridgehead atoms. The van der Waals surface area contributed by atoms with Crippen molar-refractivity contribution in [1.29, 1.82) is 0 Å². The smallest absolute Gasteiger partial charge is 0.264 e. The summed E-state index contributed by atoms with van der Waals surface area (Å²) in [6.45, 7) is 3.26. The zero-order valence-corrected chi connectivity index (χ0v) is 13.8. The Morgan fingerprint density at radius 3 is 2.39 bits per heavy atom. The molecule has 0 saturated carbocycles. The Balaban J connectivity index is 2.00. The predicted molar refractivity (Wildman–Crippen MR) is 88.7 cm³/mol. The largest absolute Gasteiger partial charge is 0.490 e. The van der Waals surface area contributed by atoms with Crippen molar-refractivity contribution in [3.63, 3.8) is 0 Å². The maximum atomic E-state index is 13.0. The fraction of sp³-hybridized carbons (Fsp3) is 0.294. The van der Waals surface area contributed by atoms with Crippen LogP contribution < -0.4 is 13.8 Å². The zero-order chi connectivity index (χ0) is 16.3. The van der Waals surface area contributed by atoms with Gasteiger partial charge < -0.3 is 9.47 Å². The highest BCUT2D eigenvalue weighted by Gasteiger charge is 2.25. The average molecular weight is 333 g/mol. The number of nitrogens with zero attached hydrogens (tertiary/aromatic N) is 1. The summed E-state index contributed by atoms with van der Waals surface area (Å²) in [5, 5.41) is 0. The SMILES string of the molecule is CCN(c1ccccc1)S(=O)(=O)c1ccc2c(c1)OCCCO2.